The summed E-state index contributed by atoms with van der Waals surface area (Å²) in [5, 5.41) is 7.69. The highest BCUT2D eigenvalue weighted by Gasteiger charge is 2.29. The Hall–Kier alpha value is -2.12. The third kappa shape index (κ3) is 4.59. The Kier molecular flexibility index (Phi) is 5.72. The molecule has 0 radical (unpaired) electrons. The molecule has 1 aliphatic rings. The first-order chi connectivity index (χ1) is 12.8. The lowest BCUT2D eigenvalue weighted by atomic mass is 10.0. The predicted octanol–water partition coefficient (Wildman–Crippen LogP) is 2.88. The summed E-state index contributed by atoms with van der Waals surface area (Å²) in [7, 11) is 3.94. The van der Waals surface area contributed by atoms with Gasteiger partial charge in [-0.2, -0.15) is 4.98 Å². The molecule has 3 rings (SSSR count). The molecule has 148 valence electrons. The molecule has 7 heteroatoms. The van der Waals surface area contributed by atoms with Gasteiger partial charge in [0.2, 0.25) is 5.89 Å². The summed E-state index contributed by atoms with van der Waals surface area (Å²) >= 11 is 0. The molecular formula is C20H30N4O3. The molecule has 1 N–H and O–H groups in total. The molecule has 2 aromatic rings. The average Bonchev–Trinajstić information content (AvgIpc) is 3.18. The van der Waals surface area contributed by atoms with Crippen LogP contribution in [0.1, 0.15) is 50.5 Å². The second-order valence-electron chi connectivity index (χ2n) is 7.86. The number of rotatable bonds is 8. The van der Waals surface area contributed by atoms with Crippen molar-refractivity contribution in [3.05, 3.63) is 35.0 Å². The molecule has 1 atom stereocenters. The molecule has 1 aliphatic heterocycles. The number of benzene rings is 1. The van der Waals surface area contributed by atoms with E-state index in [0.717, 1.165) is 23.5 Å². The highest BCUT2D eigenvalue weighted by atomic mass is 16.5. The molecule has 0 saturated carbocycles. The van der Waals surface area contributed by atoms with E-state index in [9.17, 15) is 0 Å². The summed E-state index contributed by atoms with van der Waals surface area (Å²) in [6.45, 7) is 10.1. The van der Waals surface area contributed by atoms with E-state index in [4.69, 9.17) is 14.0 Å². The second-order valence-corrected chi connectivity index (χ2v) is 7.86. The molecule has 0 spiro atoms. The van der Waals surface area contributed by atoms with Gasteiger partial charge in [0.25, 0.3) is 0 Å². The lowest BCUT2D eigenvalue weighted by Crippen LogP contribution is -2.37. The quantitative estimate of drug-likeness (QED) is 0.762. The van der Waals surface area contributed by atoms with E-state index in [1.54, 1.807) is 0 Å². The van der Waals surface area contributed by atoms with Gasteiger partial charge in [-0.05, 0) is 53.9 Å². The molecular weight excluding hydrogens is 344 g/mol. The van der Waals surface area contributed by atoms with Crippen LogP contribution in [-0.2, 0) is 25.0 Å². The van der Waals surface area contributed by atoms with Crippen LogP contribution >= 0.6 is 0 Å². The molecule has 27 heavy (non-hydrogen) atoms. The summed E-state index contributed by atoms with van der Waals surface area (Å²) < 4.78 is 17.1. The lowest BCUT2D eigenvalue weighted by Gasteiger charge is -2.23. The second kappa shape index (κ2) is 7.86. The lowest BCUT2D eigenvalue weighted by molar-refractivity contribution is 0.250. The van der Waals surface area contributed by atoms with Gasteiger partial charge in [0, 0.05) is 24.1 Å². The number of aromatic nitrogens is 2. The first-order valence-electron chi connectivity index (χ1n) is 9.46. The highest BCUT2D eigenvalue weighted by Crippen LogP contribution is 2.36. The summed E-state index contributed by atoms with van der Waals surface area (Å²) in [6.07, 6.45) is 1.10. The maximum atomic E-state index is 6.04. The molecule has 0 bridgehead atoms. The zero-order chi connectivity index (χ0) is 19.6. The van der Waals surface area contributed by atoms with E-state index < -0.39 is 5.54 Å². The number of fused-ring (bicyclic) bond motifs is 1. The number of nitrogens with zero attached hydrogens (tertiary/aromatic N) is 3. The third-order valence-corrected chi connectivity index (χ3v) is 4.55. The van der Waals surface area contributed by atoms with Crippen LogP contribution in [0.15, 0.2) is 16.7 Å². The van der Waals surface area contributed by atoms with Crippen LogP contribution < -0.4 is 14.8 Å². The Labute approximate surface area is 161 Å². The van der Waals surface area contributed by atoms with Crippen molar-refractivity contribution in [2.45, 2.75) is 58.8 Å². The molecule has 0 amide bonds. The van der Waals surface area contributed by atoms with E-state index in [1.807, 2.05) is 39.8 Å². The van der Waals surface area contributed by atoms with Crippen molar-refractivity contribution in [2.75, 3.05) is 20.7 Å². The predicted molar refractivity (Wildman–Crippen MR) is 103 cm³/mol. The van der Waals surface area contributed by atoms with Crippen LogP contribution in [0.25, 0.3) is 0 Å². The summed E-state index contributed by atoms with van der Waals surface area (Å²) in [6, 6.07) is 4.14. The minimum Gasteiger partial charge on any atom is -0.494 e. The summed E-state index contributed by atoms with van der Waals surface area (Å²) in [5.41, 5.74) is 1.86. The Morgan fingerprint density at radius 2 is 2.11 bits per heavy atom. The zero-order valence-corrected chi connectivity index (χ0v) is 17.1. The Morgan fingerprint density at radius 1 is 1.33 bits per heavy atom. The Morgan fingerprint density at radius 3 is 2.81 bits per heavy atom. The van der Waals surface area contributed by atoms with Gasteiger partial charge in [0.05, 0.1) is 18.7 Å². The largest absolute Gasteiger partial charge is 0.494 e. The molecule has 1 aromatic carbocycles. The van der Waals surface area contributed by atoms with Gasteiger partial charge in [-0.15, -0.1) is 0 Å². The first kappa shape index (κ1) is 19.6. The van der Waals surface area contributed by atoms with Crippen LogP contribution in [0.4, 0.5) is 0 Å². The number of hydrogen-bond acceptors (Lipinski definition) is 7. The van der Waals surface area contributed by atoms with Crippen molar-refractivity contribution in [1.29, 1.82) is 0 Å². The molecule has 0 fully saturated rings. The van der Waals surface area contributed by atoms with Gasteiger partial charge in [0.15, 0.2) is 5.82 Å². The first-order valence-corrected chi connectivity index (χ1v) is 9.46. The molecule has 0 unspecified atom stereocenters. The van der Waals surface area contributed by atoms with Gasteiger partial charge in [-0.1, -0.05) is 5.16 Å². The van der Waals surface area contributed by atoms with Gasteiger partial charge >= 0.3 is 0 Å². The average molecular weight is 374 g/mol. The number of nitrogens with one attached hydrogen (secondary N) is 1. The molecule has 0 aliphatic carbocycles. The van der Waals surface area contributed by atoms with E-state index in [0.29, 0.717) is 31.4 Å². The highest BCUT2D eigenvalue weighted by molar-refractivity contribution is 5.50. The van der Waals surface area contributed by atoms with E-state index in [1.165, 1.54) is 5.56 Å². The fourth-order valence-corrected chi connectivity index (χ4v) is 3.20. The fraction of sp³-hybridized carbons (Fsp3) is 0.600. The van der Waals surface area contributed by atoms with Crippen LogP contribution in [0.5, 0.6) is 11.5 Å². The van der Waals surface area contributed by atoms with Gasteiger partial charge in [-0.25, -0.2) is 0 Å². The van der Waals surface area contributed by atoms with Crippen LogP contribution in [-0.4, -0.2) is 41.8 Å². The normalized spacial score (nSPS) is 16.5. The zero-order valence-electron chi connectivity index (χ0n) is 17.1. The topological polar surface area (TPSA) is 72.7 Å². The molecule has 7 nitrogen and oxygen atoms in total. The van der Waals surface area contributed by atoms with Gasteiger partial charge < -0.3 is 24.2 Å². The Balaban J connectivity index is 1.76. The minimum atomic E-state index is -0.438. The fourth-order valence-electron chi connectivity index (χ4n) is 3.20. The number of hydrogen-bond donors (Lipinski definition) is 1. The van der Waals surface area contributed by atoms with Crippen molar-refractivity contribution in [3.63, 3.8) is 0 Å². The van der Waals surface area contributed by atoms with Crippen LogP contribution in [0.3, 0.4) is 0 Å². The SMILES string of the molecule is CCOc1cc(CNC(C)(C)c2noc(CN(C)C)n2)c2c(c1)C[C@H](C)O2. The van der Waals surface area contributed by atoms with Crippen molar-refractivity contribution in [2.24, 2.45) is 0 Å². The number of ether oxygens (including phenoxy) is 2. The monoisotopic (exact) mass is 374 g/mol. The van der Waals surface area contributed by atoms with Crippen molar-refractivity contribution in [3.8, 4) is 11.5 Å². The summed E-state index contributed by atoms with van der Waals surface area (Å²) in [4.78, 5) is 6.53. The maximum absolute atomic E-state index is 6.04. The minimum absolute atomic E-state index is 0.189. The maximum Gasteiger partial charge on any atom is 0.240 e. The molecule has 2 heterocycles. The third-order valence-electron chi connectivity index (χ3n) is 4.55. The van der Waals surface area contributed by atoms with E-state index in [-0.39, 0.29) is 6.10 Å². The smallest absolute Gasteiger partial charge is 0.240 e. The standard InChI is InChI=1S/C20H30N4O3/c1-7-25-16-9-14-8-13(2)26-18(14)15(10-16)11-21-20(3,4)19-22-17(27-23-19)12-24(5)6/h9-10,13,21H,7-8,11-12H2,1-6H3/t13-/m0/s1. The Bertz CT molecular complexity index is 786. The van der Waals surface area contributed by atoms with E-state index in [2.05, 4.69) is 34.5 Å². The van der Waals surface area contributed by atoms with Crippen molar-refractivity contribution < 1.29 is 14.0 Å². The summed E-state index contributed by atoms with van der Waals surface area (Å²) in [5.74, 6) is 3.11. The van der Waals surface area contributed by atoms with E-state index >= 15 is 0 Å². The van der Waals surface area contributed by atoms with Crippen molar-refractivity contribution in [1.82, 2.24) is 20.4 Å². The van der Waals surface area contributed by atoms with Crippen LogP contribution in [0, 0.1) is 0 Å². The van der Waals surface area contributed by atoms with Gasteiger partial charge in [0.1, 0.15) is 17.6 Å². The molecule has 1 aromatic heterocycles. The van der Waals surface area contributed by atoms with Crippen LogP contribution in [0.2, 0.25) is 0 Å². The van der Waals surface area contributed by atoms with Crippen molar-refractivity contribution >= 4 is 0 Å². The molecule has 0 saturated heterocycles. The van der Waals surface area contributed by atoms with Gasteiger partial charge in [-0.3, -0.25) is 0 Å².